The molecule has 2 aromatic rings. The molecule has 0 unspecified atom stereocenters. The second-order valence-corrected chi connectivity index (χ2v) is 11.4. The summed E-state index contributed by atoms with van der Waals surface area (Å²) in [4.78, 5) is 28.6. The van der Waals surface area contributed by atoms with E-state index in [9.17, 15) is 26.8 Å². The molecule has 0 spiro atoms. The Labute approximate surface area is 230 Å². The van der Waals surface area contributed by atoms with E-state index in [1.54, 1.807) is 4.90 Å². The molecule has 0 aliphatic carbocycles. The van der Waals surface area contributed by atoms with Gasteiger partial charge in [0.25, 0.3) is 10.0 Å². The van der Waals surface area contributed by atoms with Gasteiger partial charge in [0, 0.05) is 30.6 Å². The van der Waals surface area contributed by atoms with Crippen molar-refractivity contribution in [3.8, 4) is 0 Å². The standard InChI is InChI=1S/C24H26ClF2N5O4S.ClH/c25-15-11-18(26)22(19(27)12-15)30-37(35,36)17-10-14-5-9-32(24(34)29-16-3-6-28-7-4-16)23(14)20(13-17)31-8-1-2-21(31)33;/h10-13,16,28,30H,1-9H2,(H,29,34);1H. The van der Waals surface area contributed by atoms with Crippen molar-refractivity contribution in [2.24, 2.45) is 0 Å². The fourth-order valence-electron chi connectivity index (χ4n) is 5.01. The van der Waals surface area contributed by atoms with Crippen LogP contribution in [0.4, 0.5) is 30.6 Å². The highest BCUT2D eigenvalue weighted by Crippen LogP contribution is 2.42. The van der Waals surface area contributed by atoms with Crippen LogP contribution in [0.3, 0.4) is 0 Å². The van der Waals surface area contributed by atoms with E-state index in [4.69, 9.17) is 11.6 Å². The maximum absolute atomic E-state index is 14.3. The molecule has 0 bridgehead atoms. The zero-order valence-corrected chi connectivity index (χ0v) is 22.6. The molecule has 9 nitrogen and oxygen atoms in total. The minimum Gasteiger partial charge on any atom is -0.335 e. The number of benzene rings is 2. The van der Waals surface area contributed by atoms with Crippen molar-refractivity contribution < 1.29 is 26.8 Å². The van der Waals surface area contributed by atoms with Crippen molar-refractivity contribution in [2.75, 3.05) is 40.7 Å². The third-order valence-corrected chi connectivity index (χ3v) is 8.39. The molecule has 3 aliphatic rings. The van der Waals surface area contributed by atoms with Gasteiger partial charge in [0.1, 0.15) is 5.69 Å². The number of hydrogen-bond acceptors (Lipinski definition) is 5. The Morgan fingerprint density at radius 1 is 1.05 bits per heavy atom. The third-order valence-electron chi connectivity index (χ3n) is 6.85. The number of rotatable bonds is 5. The third kappa shape index (κ3) is 5.54. The first-order valence-electron chi connectivity index (χ1n) is 12.1. The van der Waals surface area contributed by atoms with Crippen LogP contribution >= 0.6 is 24.0 Å². The smallest absolute Gasteiger partial charge is 0.322 e. The van der Waals surface area contributed by atoms with E-state index < -0.39 is 27.3 Å². The number of carbonyl (C=O) groups is 2. The Kier molecular flexibility index (Phi) is 8.36. The molecule has 5 rings (SSSR count). The van der Waals surface area contributed by atoms with Crippen molar-refractivity contribution in [1.29, 1.82) is 0 Å². The van der Waals surface area contributed by atoms with Gasteiger partial charge < -0.3 is 15.5 Å². The van der Waals surface area contributed by atoms with Gasteiger partial charge in [0.2, 0.25) is 5.91 Å². The highest BCUT2D eigenvalue weighted by atomic mass is 35.5. The molecule has 2 aromatic carbocycles. The number of urea groups is 1. The van der Waals surface area contributed by atoms with Gasteiger partial charge in [0.05, 0.1) is 16.3 Å². The summed E-state index contributed by atoms with van der Waals surface area (Å²) in [6.07, 6.45) is 2.84. The van der Waals surface area contributed by atoms with Gasteiger partial charge in [-0.05, 0) is 68.6 Å². The zero-order chi connectivity index (χ0) is 26.3. The number of anilines is 3. The molecule has 3 heterocycles. The molecule has 2 fully saturated rings. The Morgan fingerprint density at radius 2 is 1.74 bits per heavy atom. The summed E-state index contributed by atoms with van der Waals surface area (Å²) in [6.45, 7) is 2.28. The second kappa shape index (κ2) is 11.2. The van der Waals surface area contributed by atoms with Crippen molar-refractivity contribution >= 4 is 63.0 Å². The van der Waals surface area contributed by atoms with E-state index >= 15 is 0 Å². The predicted octanol–water partition coefficient (Wildman–Crippen LogP) is 3.79. The summed E-state index contributed by atoms with van der Waals surface area (Å²) in [6, 6.07) is 3.98. The Morgan fingerprint density at radius 3 is 2.37 bits per heavy atom. The predicted molar refractivity (Wildman–Crippen MR) is 143 cm³/mol. The molecule has 3 N–H and O–H groups in total. The van der Waals surface area contributed by atoms with E-state index in [1.165, 1.54) is 17.0 Å². The molecule has 0 radical (unpaired) electrons. The number of piperidine rings is 1. The van der Waals surface area contributed by atoms with Gasteiger partial charge in [0.15, 0.2) is 11.6 Å². The SMILES string of the molecule is Cl.O=C1CCCN1c1cc(S(=O)(=O)Nc2c(F)cc(Cl)cc2F)cc2c1N(C(=O)NC1CCNCC1)CC2. The summed E-state index contributed by atoms with van der Waals surface area (Å²) in [5, 5.41) is 6.08. The number of nitrogens with zero attached hydrogens (tertiary/aromatic N) is 2. The molecule has 0 aromatic heterocycles. The first-order valence-corrected chi connectivity index (χ1v) is 13.9. The first kappa shape index (κ1) is 28.3. The van der Waals surface area contributed by atoms with E-state index in [2.05, 4.69) is 10.6 Å². The molecule has 3 amide bonds. The van der Waals surface area contributed by atoms with Crippen molar-refractivity contribution in [2.45, 2.75) is 43.0 Å². The summed E-state index contributed by atoms with van der Waals surface area (Å²) in [7, 11) is -4.46. The molecule has 14 heteroatoms. The zero-order valence-electron chi connectivity index (χ0n) is 20.2. The lowest BCUT2D eigenvalue weighted by molar-refractivity contribution is -0.117. The van der Waals surface area contributed by atoms with Crippen LogP contribution in [0.15, 0.2) is 29.2 Å². The maximum Gasteiger partial charge on any atom is 0.322 e. The quantitative estimate of drug-likeness (QED) is 0.491. The fourth-order valence-corrected chi connectivity index (χ4v) is 6.35. The summed E-state index contributed by atoms with van der Waals surface area (Å²) in [5.74, 6) is -2.51. The first-order chi connectivity index (χ1) is 17.6. The number of fused-ring (bicyclic) bond motifs is 1. The monoisotopic (exact) mass is 589 g/mol. The van der Waals surface area contributed by atoms with Crippen LogP contribution in [0, 0.1) is 11.6 Å². The number of sulfonamides is 1. The lowest BCUT2D eigenvalue weighted by atomic mass is 10.1. The van der Waals surface area contributed by atoms with Crippen molar-refractivity contribution in [3.05, 3.63) is 46.5 Å². The molecule has 206 valence electrons. The van der Waals surface area contributed by atoms with E-state index in [0.717, 1.165) is 38.1 Å². The van der Waals surface area contributed by atoms with E-state index in [-0.39, 0.29) is 46.0 Å². The lowest BCUT2D eigenvalue weighted by Crippen LogP contribution is -2.48. The van der Waals surface area contributed by atoms with E-state index in [1.807, 2.05) is 4.72 Å². The Balaban J connectivity index is 0.00000336. The lowest BCUT2D eigenvalue weighted by Gasteiger charge is -2.29. The number of hydrogen-bond donors (Lipinski definition) is 3. The molecule has 0 saturated carbocycles. The van der Waals surface area contributed by atoms with Crippen LogP contribution in [-0.2, 0) is 21.2 Å². The molecule has 2 saturated heterocycles. The largest absolute Gasteiger partial charge is 0.335 e. The molecular weight excluding hydrogens is 563 g/mol. The average Bonchev–Trinajstić information content (AvgIpc) is 3.48. The number of carbonyl (C=O) groups excluding carboxylic acids is 2. The Bertz CT molecular complexity index is 1350. The number of halogens is 4. The van der Waals surface area contributed by atoms with Gasteiger partial charge in [-0.3, -0.25) is 14.4 Å². The van der Waals surface area contributed by atoms with Gasteiger partial charge in [-0.1, -0.05) is 11.6 Å². The minimum absolute atomic E-state index is 0. The van der Waals surface area contributed by atoms with E-state index in [0.29, 0.717) is 43.6 Å². The van der Waals surface area contributed by atoms with Crippen molar-refractivity contribution in [1.82, 2.24) is 10.6 Å². The van der Waals surface area contributed by atoms with Crippen LogP contribution in [0.1, 0.15) is 31.2 Å². The highest BCUT2D eigenvalue weighted by molar-refractivity contribution is 7.92. The average molecular weight is 590 g/mol. The van der Waals surface area contributed by atoms with Gasteiger partial charge in [-0.25, -0.2) is 22.0 Å². The van der Waals surface area contributed by atoms with Crippen LogP contribution in [0.5, 0.6) is 0 Å². The molecule has 38 heavy (non-hydrogen) atoms. The van der Waals surface area contributed by atoms with Gasteiger partial charge >= 0.3 is 6.03 Å². The fraction of sp³-hybridized carbons (Fsp3) is 0.417. The van der Waals surface area contributed by atoms with Gasteiger partial charge in [-0.2, -0.15) is 0 Å². The van der Waals surface area contributed by atoms with Crippen LogP contribution < -0.4 is 25.2 Å². The number of nitrogens with one attached hydrogen (secondary N) is 3. The normalized spacial score (nSPS) is 17.8. The number of amides is 3. The van der Waals surface area contributed by atoms with Crippen LogP contribution in [0.2, 0.25) is 5.02 Å². The highest BCUT2D eigenvalue weighted by Gasteiger charge is 2.35. The minimum atomic E-state index is -4.46. The van der Waals surface area contributed by atoms with Crippen LogP contribution in [0.25, 0.3) is 0 Å². The summed E-state index contributed by atoms with van der Waals surface area (Å²) >= 11 is 5.65. The van der Waals surface area contributed by atoms with Gasteiger partial charge in [-0.15, -0.1) is 12.4 Å². The molecule has 0 atom stereocenters. The molecule has 3 aliphatic heterocycles. The topological polar surface area (TPSA) is 111 Å². The second-order valence-electron chi connectivity index (χ2n) is 9.32. The summed E-state index contributed by atoms with van der Waals surface area (Å²) in [5.41, 5.74) is 0.460. The Hall–Kier alpha value is -2.67. The van der Waals surface area contributed by atoms with Crippen molar-refractivity contribution in [3.63, 3.8) is 0 Å². The summed E-state index contributed by atoms with van der Waals surface area (Å²) < 4.78 is 57.1. The molecular formula is C24H27Cl2F2N5O4S. The van der Waals surface area contributed by atoms with Crippen LogP contribution in [-0.4, -0.2) is 52.6 Å². The maximum atomic E-state index is 14.3.